The van der Waals surface area contributed by atoms with E-state index in [1.54, 1.807) is 36.7 Å². The minimum atomic E-state index is -0.408. The Balaban J connectivity index is 1.37. The standard InChI is InChI=1S/C30H16N6O4/c37-35(38)25-15-19-8-10-23(33-27(19)29-21(25)6-2-12-31-29)17-4-1-5-18(14-17)24-11-9-20-16-26(36(39)40)22-7-3-13-32-30(22)28(20)34-24/h1-16H. The lowest BCUT2D eigenvalue weighted by atomic mass is 10.0. The molecule has 7 aromatic rings. The maximum Gasteiger partial charge on any atom is 0.279 e. The SMILES string of the molecule is O=[N+]([O-])c1cc2ccc(-c3cccc(-c4ccc5cc([N+](=O)[O-])c6cccnc6c5n4)c3)nc2c2ncccc12. The molecule has 0 spiro atoms. The number of aromatic nitrogens is 4. The second-order valence-corrected chi connectivity index (χ2v) is 9.22. The molecule has 0 unspecified atom stereocenters. The summed E-state index contributed by atoms with van der Waals surface area (Å²) in [6.45, 7) is 0. The molecule has 0 atom stereocenters. The molecule has 0 saturated heterocycles. The number of hydrogen-bond donors (Lipinski definition) is 0. The van der Waals surface area contributed by atoms with Crippen LogP contribution < -0.4 is 0 Å². The molecule has 0 bridgehead atoms. The average molecular weight is 524 g/mol. The number of nitrogens with zero attached hydrogens (tertiary/aromatic N) is 6. The van der Waals surface area contributed by atoms with Gasteiger partial charge in [0.1, 0.15) is 11.0 Å². The second kappa shape index (κ2) is 8.84. The van der Waals surface area contributed by atoms with Gasteiger partial charge in [-0.15, -0.1) is 0 Å². The van der Waals surface area contributed by atoms with E-state index < -0.39 is 9.85 Å². The molecular formula is C30H16N6O4. The van der Waals surface area contributed by atoms with Crippen molar-refractivity contribution in [1.82, 2.24) is 19.9 Å². The average Bonchev–Trinajstić information content (AvgIpc) is 2.99. The van der Waals surface area contributed by atoms with Crippen molar-refractivity contribution in [2.24, 2.45) is 0 Å². The van der Waals surface area contributed by atoms with Gasteiger partial charge in [-0.2, -0.15) is 0 Å². The topological polar surface area (TPSA) is 138 Å². The first-order valence-electron chi connectivity index (χ1n) is 12.2. The fourth-order valence-electron chi connectivity index (χ4n) is 5.07. The fraction of sp³-hybridized carbons (Fsp3) is 0. The van der Waals surface area contributed by atoms with Gasteiger partial charge >= 0.3 is 0 Å². The largest absolute Gasteiger partial charge is 0.279 e. The van der Waals surface area contributed by atoms with Crippen LogP contribution in [-0.4, -0.2) is 29.8 Å². The lowest BCUT2D eigenvalue weighted by Gasteiger charge is -2.09. The highest BCUT2D eigenvalue weighted by atomic mass is 16.6. The Labute approximate surface area is 224 Å². The highest BCUT2D eigenvalue weighted by Gasteiger charge is 2.19. The van der Waals surface area contributed by atoms with E-state index in [0.717, 1.165) is 11.1 Å². The smallest absolute Gasteiger partial charge is 0.258 e. The Kier molecular flexibility index (Phi) is 5.14. The molecular weight excluding hydrogens is 508 g/mol. The summed E-state index contributed by atoms with van der Waals surface area (Å²) < 4.78 is 0. The van der Waals surface area contributed by atoms with Crippen LogP contribution in [0.5, 0.6) is 0 Å². The van der Waals surface area contributed by atoms with Crippen molar-refractivity contribution in [3.05, 3.63) is 118 Å². The third-order valence-electron chi connectivity index (χ3n) is 6.90. The van der Waals surface area contributed by atoms with E-state index in [0.29, 0.717) is 55.0 Å². The highest BCUT2D eigenvalue weighted by Crippen LogP contribution is 2.35. The Morgan fingerprint density at radius 1 is 0.525 bits per heavy atom. The van der Waals surface area contributed by atoms with Crippen molar-refractivity contribution in [2.45, 2.75) is 0 Å². The Bertz CT molecular complexity index is 2050. The van der Waals surface area contributed by atoms with E-state index in [4.69, 9.17) is 9.97 Å². The maximum atomic E-state index is 11.6. The lowest BCUT2D eigenvalue weighted by Crippen LogP contribution is -1.95. The van der Waals surface area contributed by atoms with Gasteiger partial charge in [-0.05, 0) is 42.5 Å². The molecule has 0 saturated carbocycles. The van der Waals surface area contributed by atoms with E-state index in [2.05, 4.69) is 9.97 Å². The molecule has 190 valence electrons. The maximum absolute atomic E-state index is 11.6. The molecule has 0 aliphatic heterocycles. The van der Waals surface area contributed by atoms with Crippen LogP contribution in [0.15, 0.2) is 97.3 Å². The van der Waals surface area contributed by atoms with E-state index in [1.165, 1.54) is 12.1 Å². The van der Waals surface area contributed by atoms with Crippen LogP contribution in [-0.2, 0) is 0 Å². The van der Waals surface area contributed by atoms with Crippen LogP contribution in [0, 0.1) is 20.2 Å². The summed E-state index contributed by atoms with van der Waals surface area (Å²) in [5.74, 6) is 0. The van der Waals surface area contributed by atoms with Gasteiger partial charge in [-0.1, -0.05) is 30.3 Å². The molecule has 0 fully saturated rings. The van der Waals surface area contributed by atoms with Crippen molar-refractivity contribution in [2.75, 3.05) is 0 Å². The lowest BCUT2D eigenvalue weighted by molar-refractivity contribution is -0.383. The summed E-state index contributed by atoms with van der Waals surface area (Å²) in [6, 6.07) is 24.7. The number of fused-ring (bicyclic) bond motifs is 6. The molecule has 3 aromatic carbocycles. The molecule has 4 heterocycles. The van der Waals surface area contributed by atoms with Gasteiger partial charge in [0.2, 0.25) is 0 Å². The van der Waals surface area contributed by atoms with Crippen LogP contribution in [0.4, 0.5) is 11.4 Å². The number of benzene rings is 3. The zero-order valence-electron chi connectivity index (χ0n) is 20.6. The van der Waals surface area contributed by atoms with Crippen LogP contribution >= 0.6 is 0 Å². The first-order chi connectivity index (χ1) is 19.5. The predicted molar refractivity (Wildman–Crippen MR) is 152 cm³/mol. The molecule has 0 N–H and O–H groups in total. The molecule has 0 amide bonds. The van der Waals surface area contributed by atoms with Gasteiger partial charge in [-0.25, -0.2) is 9.97 Å². The minimum Gasteiger partial charge on any atom is -0.258 e. The highest BCUT2D eigenvalue weighted by molar-refractivity contribution is 6.09. The van der Waals surface area contributed by atoms with Crippen molar-refractivity contribution in [3.8, 4) is 22.5 Å². The van der Waals surface area contributed by atoms with Crippen molar-refractivity contribution < 1.29 is 9.85 Å². The normalized spacial score (nSPS) is 11.4. The van der Waals surface area contributed by atoms with Crippen LogP contribution in [0.2, 0.25) is 0 Å². The molecule has 10 nitrogen and oxygen atoms in total. The predicted octanol–water partition coefficient (Wildman–Crippen LogP) is 7.03. The summed E-state index contributed by atoms with van der Waals surface area (Å²) in [7, 11) is 0. The van der Waals surface area contributed by atoms with Crippen molar-refractivity contribution in [1.29, 1.82) is 0 Å². The Morgan fingerprint density at radius 2 is 1.00 bits per heavy atom. The number of nitro benzene ring substituents is 2. The van der Waals surface area contributed by atoms with Gasteiger partial charge in [0, 0.05) is 46.4 Å². The molecule has 0 radical (unpaired) electrons. The monoisotopic (exact) mass is 524 g/mol. The molecule has 40 heavy (non-hydrogen) atoms. The molecule has 7 rings (SSSR count). The molecule has 4 aromatic heterocycles. The molecule has 10 heteroatoms. The Morgan fingerprint density at radius 3 is 1.45 bits per heavy atom. The molecule has 0 aliphatic carbocycles. The quantitative estimate of drug-likeness (QED) is 0.136. The summed E-state index contributed by atoms with van der Waals surface area (Å²) in [5, 5.41) is 25.4. The van der Waals surface area contributed by atoms with E-state index in [1.807, 2.05) is 48.5 Å². The van der Waals surface area contributed by atoms with Crippen LogP contribution in [0.1, 0.15) is 0 Å². The zero-order chi connectivity index (χ0) is 27.4. The van der Waals surface area contributed by atoms with Crippen LogP contribution in [0.3, 0.4) is 0 Å². The summed E-state index contributed by atoms with van der Waals surface area (Å²) in [4.78, 5) is 40.9. The van der Waals surface area contributed by atoms with Gasteiger partial charge < -0.3 is 0 Å². The summed E-state index contributed by atoms with van der Waals surface area (Å²) >= 11 is 0. The fourth-order valence-corrected chi connectivity index (χ4v) is 5.07. The number of rotatable bonds is 4. The zero-order valence-corrected chi connectivity index (χ0v) is 20.6. The minimum absolute atomic E-state index is 0.0122. The van der Waals surface area contributed by atoms with Gasteiger partial charge in [0.15, 0.2) is 0 Å². The number of hydrogen-bond acceptors (Lipinski definition) is 8. The third kappa shape index (κ3) is 3.66. The summed E-state index contributed by atoms with van der Waals surface area (Å²) in [5.41, 5.74) is 5.08. The Hall–Kier alpha value is -5.90. The van der Waals surface area contributed by atoms with Gasteiger partial charge in [-0.3, -0.25) is 30.2 Å². The first-order valence-corrected chi connectivity index (χ1v) is 12.2. The van der Waals surface area contributed by atoms with E-state index in [9.17, 15) is 20.2 Å². The first kappa shape index (κ1) is 23.2. The van der Waals surface area contributed by atoms with Gasteiger partial charge in [0.25, 0.3) is 11.4 Å². The number of pyridine rings is 4. The summed E-state index contributed by atoms with van der Waals surface area (Å²) in [6.07, 6.45) is 3.19. The van der Waals surface area contributed by atoms with E-state index >= 15 is 0 Å². The van der Waals surface area contributed by atoms with E-state index in [-0.39, 0.29) is 11.4 Å². The van der Waals surface area contributed by atoms with Crippen molar-refractivity contribution in [3.63, 3.8) is 0 Å². The number of non-ortho nitro benzene ring substituents is 2. The molecule has 0 aliphatic rings. The number of nitro groups is 2. The van der Waals surface area contributed by atoms with Gasteiger partial charge in [0.05, 0.1) is 43.0 Å². The van der Waals surface area contributed by atoms with Crippen molar-refractivity contribution >= 4 is 55.0 Å². The van der Waals surface area contributed by atoms with Crippen LogP contribution in [0.25, 0.3) is 66.1 Å². The second-order valence-electron chi connectivity index (χ2n) is 9.22. The third-order valence-corrected chi connectivity index (χ3v) is 6.90.